The minimum Gasteiger partial charge on any atom is -0.319 e. The van der Waals surface area contributed by atoms with E-state index in [0.717, 1.165) is 0 Å². The molecule has 0 amide bonds. The van der Waals surface area contributed by atoms with Gasteiger partial charge in [-0.1, -0.05) is 64.1 Å². The maximum absolute atomic E-state index is 13.1. The van der Waals surface area contributed by atoms with Gasteiger partial charge in [-0.05, 0) is 48.9 Å². The monoisotopic (exact) mass is 481 g/mol. The van der Waals surface area contributed by atoms with E-state index in [1.165, 1.54) is 0 Å². The molecule has 2 aromatic rings. The lowest BCUT2D eigenvalue weighted by Gasteiger charge is -2.35. The highest BCUT2D eigenvalue weighted by molar-refractivity contribution is 7.33. The Morgan fingerprint density at radius 3 is 1.44 bits per heavy atom. The Morgan fingerprint density at radius 2 is 1.15 bits per heavy atom. The zero-order chi connectivity index (χ0) is 25.4. The van der Waals surface area contributed by atoms with Crippen molar-refractivity contribution in [3.63, 3.8) is 0 Å². The first kappa shape index (κ1) is 27.6. The van der Waals surface area contributed by atoms with Crippen LogP contribution in [0.1, 0.15) is 75.6 Å². The smallest absolute Gasteiger partial charge is 0.319 e. The first-order valence-corrected chi connectivity index (χ1v) is 12.7. The third-order valence-electron chi connectivity index (χ3n) is 6.59. The summed E-state index contributed by atoms with van der Waals surface area (Å²) in [6, 6.07) is 18.6. The molecule has 0 saturated carbocycles. The molecule has 0 fully saturated rings. The third kappa shape index (κ3) is 5.53. The molecular formula is C26H34N4O3P+. The number of benzene rings is 2. The van der Waals surface area contributed by atoms with Crippen molar-refractivity contribution in [1.82, 2.24) is 0 Å². The van der Waals surface area contributed by atoms with Crippen LogP contribution in [0.25, 0.3) is 0 Å². The minimum atomic E-state index is -2.60. The second-order valence-corrected chi connectivity index (χ2v) is 9.20. The Hall–Kier alpha value is -2.64. The molecule has 0 aliphatic heterocycles. The standard InChI is InChI=1S/C26H34N4O3P/c1-5-23(25(29,7-3)21-15-11-9-13-19(21)17-27)32-34(31)33-24(6-2)26(30,8-4)22-16-12-10-14-20(22)18-28/h9-16,23-24H,5-8,29-30H2,1-4H3/q+1. The molecule has 34 heavy (non-hydrogen) atoms. The number of hydrogen-bond donors (Lipinski definition) is 2. The van der Waals surface area contributed by atoms with Gasteiger partial charge in [-0.25, -0.2) is 0 Å². The summed E-state index contributed by atoms with van der Waals surface area (Å²) in [6.45, 7) is 7.59. The summed E-state index contributed by atoms with van der Waals surface area (Å²) in [5.41, 5.74) is 13.7. The summed E-state index contributed by atoms with van der Waals surface area (Å²) < 4.78 is 25.0. The van der Waals surface area contributed by atoms with E-state index in [1.54, 1.807) is 36.4 Å². The highest BCUT2D eigenvalue weighted by Gasteiger charge is 2.47. The van der Waals surface area contributed by atoms with E-state index in [-0.39, 0.29) is 0 Å². The Morgan fingerprint density at radius 1 is 0.794 bits per heavy atom. The molecule has 0 saturated heterocycles. The van der Waals surface area contributed by atoms with Gasteiger partial charge in [-0.2, -0.15) is 10.5 Å². The fourth-order valence-electron chi connectivity index (χ4n) is 4.45. The van der Waals surface area contributed by atoms with Crippen molar-refractivity contribution in [3.8, 4) is 12.1 Å². The van der Waals surface area contributed by atoms with E-state index < -0.39 is 31.5 Å². The summed E-state index contributed by atoms with van der Waals surface area (Å²) >= 11 is 0. The number of nitrogens with two attached hydrogens (primary N) is 2. The molecule has 180 valence electrons. The quantitative estimate of drug-likeness (QED) is 0.382. The molecule has 0 radical (unpaired) electrons. The van der Waals surface area contributed by atoms with E-state index in [9.17, 15) is 15.1 Å². The molecule has 7 nitrogen and oxygen atoms in total. The Balaban J connectivity index is 2.33. The second kappa shape index (κ2) is 12.2. The van der Waals surface area contributed by atoms with Crippen LogP contribution in [-0.2, 0) is 24.7 Å². The molecular weight excluding hydrogens is 447 g/mol. The van der Waals surface area contributed by atoms with Gasteiger partial charge in [-0.3, -0.25) is 0 Å². The molecule has 4 unspecified atom stereocenters. The van der Waals surface area contributed by atoms with Crippen LogP contribution in [0.3, 0.4) is 0 Å². The molecule has 0 spiro atoms. The lowest BCUT2D eigenvalue weighted by Crippen LogP contribution is -2.49. The van der Waals surface area contributed by atoms with Crippen molar-refractivity contribution in [2.24, 2.45) is 11.5 Å². The maximum atomic E-state index is 13.1. The predicted octanol–water partition coefficient (Wildman–Crippen LogP) is 5.51. The van der Waals surface area contributed by atoms with Crippen LogP contribution in [0.15, 0.2) is 48.5 Å². The van der Waals surface area contributed by atoms with Crippen LogP contribution < -0.4 is 11.5 Å². The van der Waals surface area contributed by atoms with Crippen molar-refractivity contribution in [2.75, 3.05) is 0 Å². The topological polar surface area (TPSA) is 135 Å². The number of nitriles is 2. The molecule has 0 aliphatic rings. The van der Waals surface area contributed by atoms with E-state index in [4.69, 9.17) is 20.5 Å². The maximum Gasteiger partial charge on any atom is 0.698 e. The molecule has 0 heterocycles. The average molecular weight is 482 g/mol. The van der Waals surface area contributed by atoms with Crippen LogP contribution in [0.5, 0.6) is 0 Å². The number of rotatable bonds is 12. The summed E-state index contributed by atoms with van der Waals surface area (Å²) in [4.78, 5) is 0. The number of nitrogens with zero attached hydrogens (tertiary/aromatic N) is 2. The van der Waals surface area contributed by atoms with E-state index in [2.05, 4.69) is 12.1 Å². The Kier molecular flexibility index (Phi) is 9.89. The first-order chi connectivity index (χ1) is 16.2. The molecule has 0 aromatic heterocycles. The van der Waals surface area contributed by atoms with Gasteiger partial charge in [-0.15, -0.1) is 9.05 Å². The minimum absolute atomic E-state index is 0.455. The second-order valence-electron chi connectivity index (χ2n) is 8.33. The van der Waals surface area contributed by atoms with E-state index in [0.29, 0.717) is 47.9 Å². The predicted molar refractivity (Wildman–Crippen MR) is 133 cm³/mol. The molecule has 0 aliphatic carbocycles. The fourth-order valence-corrected chi connectivity index (χ4v) is 5.59. The number of hydrogen-bond acceptors (Lipinski definition) is 7. The van der Waals surface area contributed by atoms with Crippen molar-refractivity contribution < 1.29 is 13.6 Å². The van der Waals surface area contributed by atoms with Gasteiger partial charge in [0.05, 0.1) is 34.3 Å². The largest absolute Gasteiger partial charge is 0.698 e. The average Bonchev–Trinajstić information content (AvgIpc) is 2.89. The van der Waals surface area contributed by atoms with E-state index >= 15 is 0 Å². The third-order valence-corrected chi connectivity index (χ3v) is 7.44. The summed E-state index contributed by atoms with van der Waals surface area (Å²) in [5.74, 6) is 0. The molecule has 4 atom stereocenters. The molecule has 2 aromatic carbocycles. The lowest BCUT2D eigenvalue weighted by molar-refractivity contribution is 0.0465. The lowest BCUT2D eigenvalue weighted by atomic mass is 9.80. The van der Waals surface area contributed by atoms with Gasteiger partial charge in [0, 0.05) is 4.57 Å². The van der Waals surface area contributed by atoms with Crippen LogP contribution in [0.4, 0.5) is 0 Å². The molecule has 2 rings (SSSR count). The van der Waals surface area contributed by atoms with E-state index in [1.807, 2.05) is 39.8 Å². The zero-order valence-electron chi connectivity index (χ0n) is 20.3. The van der Waals surface area contributed by atoms with Gasteiger partial charge in [0.2, 0.25) is 0 Å². The highest BCUT2D eigenvalue weighted by Crippen LogP contribution is 2.42. The first-order valence-electron chi connectivity index (χ1n) is 11.6. The van der Waals surface area contributed by atoms with Gasteiger partial charge >= 0.3 is 8.25 Å². The molecule has 8 heteroatoms. The summed E-state index contributed by atoms with van der Waals surface area (Å²) in [7, 11) is -2.60. The van der Waals surface area contributed by atoms with Crippen molar-refractivity contribution >= 4 is 8.25 Å². The van der Waals surface area contributed by atoms with Gasteiger partial charge in [0.25, 0.3) is 0 Å². The zero-order valence-corrected chi connectivity index (χ0v) is 21.2. The SMILES string of the molecule is CCC(O[P+](=O)OC(CC)C(N)(CC)c1ccccc1C#N)C(N)(CC)c1ccccc1C#N. The van der Waals surface area contributed by atoms with Crippen molar-refractivity contribution in [1.29, 1.82) is 10.5 Å². The van der Waals surface area contributed by atoms with Crippen LogP contribution in [-0.4, -0.2) is 12.2 Å². The van der Waals surface area contributed by atoms with Crippen LogP contribution >= 0.6 is 8.25 Å². The normalized spacial score (nSPS) is 16.9. The summed E-state index contributed by atoms with van der Waals surface area (Å²) in [6.07, 6.45) is 0.543. The van der Waals surface area contributed by atoms with Crippen LogP contribution in [0, 0.1) is 22.7 Å². The van der Waals surface area contributed by atoms with Gasteiger partial charge < -0.3 is 11.5 Å². The Labute approximate surface area is 203 Å². The molecule has 0 bridgehead atoms. The molecule has 4 N–H and O–H groups in total. The van der Waals surface area contributed by atoms with Gasteiger partial charge in [0.15, 0.2) is 0 Å². The summed E-state index contributed by atoms with van der Waals surface area (Å²) in [5, 5.41) is 19.1. The van der Waals surface area contributed by atoms with Gasteiger partial charge in [0.1, 0.15) is 12.2 Å². The van der Waals surface area contributed by atoms with Crippen molar-refractivity contribution in [3.05, 3.63) is 70.8 Å². The van der Waals surface area contributed by atoms with Crippen LogP contribution in [0.2, 0.25) is 0 Å². The Bertz CT molecular complexity index is 997. The van der Waals surface area contributed by atoms with Crippen molar-refractivity contribution in [2.45, 2.75) is 76.7 Å². The fraction of sp³-hybridized carbons (Fsp3) is 0.462. The highest BCUT2D eigenvalue weighted by atomic mass is 31.1.